The number of nitrogens with zero attached hydrogens (tertiary/aromatic N) is 3. The van der Waals surface area contributed by atoms with Gasteiger partial charge in [0.05, 0.1) is 11.5 Å². The Bertz CT molecular complexity index is 549. The van der Waals surface area contributed by atoms with Crippen molar-refractivity contribution in [1.29, 1.82) is 0 Å². The van der Waals surface area contributed by atoms with Crippen LogP contribution in [-0.4, -0.2) is 52.1 Å². The van der Waals surface area contributed by atoms with Gasteiger partial charge in [0.15, 0.2) is 0 Å². The first-order valence-corrected chi connectivity index (χ1v) is 6.70. The van der Waals surface area contributed by atoms with Gasteiger partial charge in [-0.25, -0.2) is 9.78 Å². The van der Waals surface area contributed by atoms with Gasteiger partial charge in [0.1, 0.15) is 11.8 Å². The molecule has 0 radical (unpaired) electrons. The maximum atomic E-state index is 11.0. The quantitative estimate of drug-likeness (QED) is 0.626. The highest BCUT2D eigenvalue weighted by Gasteiger charge is 2.23. The van der Waals surface area contributed by atoms with E-state index in [2.05, 4.69) is 16.9 Å². The summed E-state index contributed by atoms with van der Waals surface area (Å²) in [4.78, 5) is 27.0. The highest BCUT2D eigenvalue weighted by molar-refractivity contribution is 5.92. The summed E-state index contributed by atoms with van der Waals surface area (Å²) in [6.45, 7) is 1.47. The summed E-state index contributed by atoms with van der Waals surface area (Å²) < 4.78 is 5.42. The van der Waals surface area contributed by atoms with Gasteiger partial charge in [0.2, 0.25) is 5.88 Å². The van der Waals surface area contributed by atoms with Gasteiger partial charge in [-0.2, -0.15) is 0 Å². The Balaban J connectivity index is 1.99. The van der Waals surface area contributed by atoms with Crippen molar-refractivity contribution in [2.24, 2.45) is 0 Å². The van der Waals surface area contributed by atoms with Crippen molar-refractivity contribution in [3.63, 3.8) is 0 Å². The number of hydrogen-bond acceptors (Lipinski definition) is 6. The van der Waals surface area contributed by atoms with Gasteiger partial charge in [-0.05, 0) is 32.9 Å². The first kappa shape index (κ1) is 15.2. The lowest BCUT2D eigenvalue weighted by Crippen LogP contribution is -2.26. The van der Waals surface area contributed by atoms with Crippen molar-refractivity contribution in [3.8, 4) is 5.88 Å². The monoisotopic (exact) mass is 295 g/mol. The molecule has 1 aliphatic heterocycles. The topological polar surface area (TPSA) is 106 Å². The van der Waals surface area contributed by atoms with Crippen molar-refractivity contribution < 1.29 is 19.6 Å². The third kappa shape index (κ3) is 3.66. The summed E-state index contributed by atoms with van der Waals surface area (Å²) in [5.41, 5.74) is -0.951. The Kier molecular flexibility index (Phi) is 4.69. The maximum Gasteiger partial charge on any atom is 0.342 e. The van der Waals surface area contributed by atoms with Crippen LogP contribution in [0.2, 0.25) is 0 Å². The summed E-state index contributed by atoms with van der Waals surface area (Å²) >= 11 is 0. The molecular formula is C13H17N3O5. The second kappa shape index (κ2) is 6.49. The molecule has 0 saturated carbocycles. The van der Waals surface area contributed by atoms with Crippen LogP contribution in [0, 0.1) is 10.1 Å². The van der Waals surface area contributed by atoms with Gasteiger partial charge in [-0.15, -0.1) is 0 Å². The van der Waals surface area contributed by atoms with Crippen molar-refractivity contribution >= 4 is 11.7 Å². The lowest BCUT2D eigenvalue weighted by Gasteiger charge is -2.19. The lowest BCUT2D eigenvalue weighted by atomic mass is 10.1. The first-order chi connectivity index (χ1) is 9.99. The number of aromatic nitrogens is 1. The van der Waals surface area contributed by atoms with Crippen LogP contribution >= 0.6 is 0 Å². The number of rotatable bonds is 6. The molecule has 1 unspecified atom stereocenters. The predicted molar refractivity (Wildman–Crippen MR) is 73.6 cm³/mol. The van der Waals surface area contributed by atoms with Crippen LogP contribution in [0.15, 0.2) is 12.3 Å². The molecule has 8 nitrogen and oxygen atoms in total. The molecule has 1 saturated heterocycles. The Morgan fingerprint density at radius 3 is 3.00 bits per heavy atom. The van der Waals surface area contributed by atoms with Gasteiger partial charge >= 0.3 is 11.7 Å². The summed E-state index contributed by atoms with van der Waals surface area (Å²) in [6.07, 6.45) is 4.02. The molecule has 114 valence electrons. The Morgan fingerprint density at radius 1 is 1.67 bits per heavy atom. The zero-order chi connectivity index (χ0) is 15.4. The van der Waals surface area contributed by atoms with Gasteiger partial charge < -0.3 is 14.7 Å². The smallest absolute Gasteiger partial charge is 0.342 e. The Morgan fingerprint density at radius 2 is 2.43 bits per heavy atom. The molecule has 2 rings (SSSR count). The molecule has 0 aromatic carbocycles. The minimum atomic E-state index is -1.37. The number of pyridine rings is 1. The summed E-state index contributed by atoms with van der Waals surface area (Å²) in [7, 11) is 2.06. The average Bonchev–Trinajstić information content (AvgIpc) is 2.84. The van der Waals surface area contributed by atoms with Gasteiger partial charge in [-0.1, -0.05) is 0 Å². The number of carboxylic acid groups (broad SMARTS) is 1. The van der Waals surface area contributed by atoms with E-state index in [0.717, 1.165) is 31.6 Å². The van der Waals surface area contributed by atoms with E-state index < -0.39 is 22.1 Å². The summed E-state index contributed by atoms with van der Waals surface area (Å²) in [5, 5.41) is 19.7. The van der Waals surface area contributed by atoms with Crippen LogP contribution in [0.3, 0.4) is 0 Å². The summed E-state index contributed by atoms with van der Waals surface area (Å²) in [5.74, 6) is -1.27. The Labute approximate surface area is 121 Å². The zero-order valence-corrected chi connectivity index (χ0v) is 11.7. The second-order valence-electron chi connectivity index (χ2n) is 5.02. The third-order valence-corrected chi connectivity index (χ3v) is 3.66. The minimum Gasteiger partial charge on any atom is -0.478 e. The molecule has 1 N–H and O–H groups in total. The highest BCUT2D eigenvalue weighted by Crippen LogP contribution is 2.22. The Hall–Kier alpha value is -2.22. The fourth-order valence-electron chi connectivity index (χ4n) is 2.47. The van der Waals surface area contributed by atoms with Crippen LogP contribution in [0.4, 0.5) is 5.69 Å². The number of aromatic carboxylic acids is 1. The SMILES string of the molecule is CN1CCCC1CCOc1cc(C(=O)O)c([N+](=O)[O-])cn1. The van der Waals surface area contributed by atoms with E-state index in [1.54, 1.807) is 0 Å². The first-order valence-electron chi connectivity index (χ1n) is 6.70. The van der Waals surface area contributed by atoms with E-state index in [1.807, 2.05) is 0 Å². The molecule has 0 aliphatic carbocycles. The number of nitro groups is 1. The van der Waals surface area contributed by atoms with Crippen molar-refractivity contribution in [2.45, 2.75) is 25.3 Å². The fourth-order valence-corrected chi connectivity index (χ4v) is 2.47. The fraction of sp³-hybridized carbons (Fsp3) is 0.538. The molecule has 1 aromatic rings. The van der Waals surface area contributed by atoms with Crippen molar-refractivity contribution in [1.82, 2.24) is 9.88 Å². The van der Waals surface area contributed by atoms with E-state index in [0.29, 0.717) is 12.6 Å². The molecule has 8 heteroatoms. The molecular weight excluding hydrogens is 278 g/mol. The number of hydrogen-bond donors (Lipinski definition) is 1. The number of likely N-dealkylation sites (tertiary alicyclic amines) is 1. The second-order valence-corrected chi connectivity index (χ2v) is 5.02. The highest BCUT2D eigenvalue weighted by atomic mass is 16.6. The summed E-state index contributed by atoms with van der Waals surface area (Å²) in [6, 6.07) is 1.56. The van der Waals surface area contributed by atoms with E-state index >= 15 is 0 Å². The largest absolute Gasteiger partial charge is 0.478 e. The normalized spacial score (nSPS) is 18.6. The van der Waals surface area contributed by atoms with Crippen LogP contribution in [0.25, 0.3) is 0 Å². The van der Waals surface area contributed by atoms with Gasteiger partial charge in [0, 0.05) is 12.1 Å². The van der Waals surface area contributed by atoms with Crippen LogP contribution in [-0.2, 0) is 0 Å². The van der Waals surface area contributed by atoms with Gasteiger partial charge in [-0.3, -0.25) is 10.1 Å². The maximum absolute atomic E-state index is 11.0. The molecule has 1 aromatic heterocycles. The predicted octanol–water partition coefficient (Wildman–Crippen LogP) is 1.55. The van der Waals surface area contributed by atoms with Crippen LogP contribution in [0.1, 0.15) is 29.6 Å². The van der Waals surface area contributed by atoms with E-state index in [1.165, 1.54) is 6.42 Å². The molecule has 1 atom stereocenters. The van der Waals surface area contributed by atoms with Crippen molar-refractivity contribution in [3.05, 3.63) is 27.9 Å². The number of carbonyl (C=O) groups is 1. The standard InChI is InChI=1S/C13H17N3O5/c1-15-5-2-3-9(15)4-6-21-12-7-10(13(17)18)11(8-14-12)16(19)20/h7-9H,2-6H2,1H3,(H,17,18). The molecule has 21 heavy (non-hydrogen) atoms. The van der Waals surface area contributed by atoms with Gasteiger partial charge in [0.25, 0.3) is 0 Å². The zero-order valence-electron chi connectivity index (χ0n) is 11.7. The number of carboxylic acids is 1. The van der Waals surface area contributed by atoms with Crippen molar-refractivity contribution in [2.75, 3.05) is 20.2 Å². The van der Waals surface area contributed by atoms with E-state index in [-0.39, 0.29) is 5.88 Å². The van der Waals surface area contributed by atoms with Crippen LogP contribution < -0.4 is 4.74 Å². The van der Waals surface area contributed by atoms with E-state index in [9.17, 15) is 14.9 Å². The van der Waals surface area contributed by atoms with E-state index in [4.69, 9.17) is 9.84 Å². The molecule has 1 fully saturated rings. The molecule has 0 bridgehead atoms. The van der Waals surface area contributed by atoms with Crippen LogP contribution in [0.5, 0.6) is 5.88 Å². The minimum absolute atomic E-state index is 0.0960. The molecule has 2 heterocycles. The lowest BCUT2D eigenvalue weighted by molar-refractivity contribution is -0.385. The molecule has 1 aliphatic rings. The molecule has 0 spiro atoms. The third-order valence-electron chi connectivity index (χ3n) is 3.66. The average molecular weight is 295 g/mol. The molecule has 0 amide bonds. The number of ether oxygens (including phenoxy) is 1.